The number of carbonyl (C=O) groups is 1. The van der Waals surface area contributed by atoms with Gasteiger partial charge in [0.05, 0.1) is 26.4 Å². The van der Waals surface area contributed by atoms with E-state index in [-0.39, 0.29) is 28.6 Å². The van der Waals surface area contributed by atoms with Gasteiger partial charge < -0.3 is 19.1 Å². The summed E-state index contributed by atoms with van der Waals surface area (Å²) in [5.74, 6) is -0.0326. The van der Waals surface area contributed by atoms with Crippen molar-refractivity contribution in [3.05, 3.63) is 23.8 Å². The lowest BCUT2D eigenvalue weighted by atomic mass is 10.00. The molecule has 3 rings (SSSR count). The summed E-state index contributed by atoms with van der Waals surface area (Å²) < 4.78 is 44.4. The number of sulfonamides is 1. The van der Waals surface area contributed by atoms with Crippen LogP contribution in [-0.2, 0) is 19.5 Å². The van der Waals surface area contributed by atoms with Crippen LogP contribution in [0.25, 0.3) is 0 Å². The minimum absolute atomic E-state index is 0.0449. The largest absolute Gasteiger partial charge is 0.495 e. The van der Waals surface area contributed by atoms with Gasteiger partial charge in [-0.25, -0.2) is 13.1 Å². The molecule has 0 aliphatic carbocycles. The average molecular weight is 413 g/mol. The predicted octanol–water partition coefficient (Wildman–Crippen LogP) is 1.75. The third-order valence-corrected chi connectivity index (χ3v) is 6.54. The molecule has 2 heterocycles. The summed E-state index contributed by atoms with van der Waals surface area (Å²) in [5, 5.41) is 0. The van der Waals surface area contributed by atoms with E-state index >= 15 is 0 Å². The summed E-state index contributed by atoms with van der Waals surface area (Å²) in [5.41, 5.74) is 0.301. The van der Waals surface area contributed by atoms with Gasteiger partial charge in [0.15, 0.2) is 6.29 Å². The third kappa shape index (κ3) is 4.48. The zero-order valence-electron chi connectivity index (χ0n) is 16.5. The Hall–Kier alpha value is -1.68. The Morgan fingerprint density at radius 2 is 1.96 bits per heavy atom. The number of benzene rings is 1. The normalized spacial score (nSPS) is 21.3. The van der Waals surface area contributed by atoms with Gasteiger partial charge in [0.25, 0.3) is 5.91 Å². The molecule has 8 nitrogen and oxygen atoms in total. The van der Waals surface area contributed by atoms with Crippen LogP contribution in [0.15, 0.2) is 23.1 Å². The molecule has 1 atom stereocenters. The fourth-order valence-electron chi connectivity index (χ4n) is 3.65. The molecule has 2 aliphatic rings. The van der Waals surface area contributed by atoms with Crippen molar-refractivity contribution in [3.63, 3.8) is 0 Å². The highest BCUT2D eigenvalue weighted by Gasteiger charge is 2.37. The van der Waals surface area contributed by atoms with E-state index in [1.165, 1.54) is 19.2 Å². The smallest absolute Gasteiger partial charge is 0.254 e. The summed E-state index contributed by atoms with van der Waals surface area (Å²) in [6, 6.07) is 4.05. The Kier molecular flexibility index (Phi) is 6.59. The van der Waals surface area contributed by atoms with Crippen molar-refractivity contribution in [3.8, 4) is 5.75 Å². The molecular weight excluding hydrogens is 384 g/mol. The number of ether oxygens (including phenoxy) is 3. The number of hydrogen-bond donors (Lipinski definition) is 1. The number of likely N-dealkylation sites (tertiary alicyclic amines) is 1. The highest BCUT2D eigenvalue weighted by atomic mass is 32.2. The number of nitrogens with zero attached hydrogens (tertiary/aromatic N) is 1. The molecule has 0 aromatic heterocycles. The molecule has 2 saturated heterocycles. The fraction of sp³-hybridized carbons (Fsp3) is 0.632. The van der Waals surface area contributed by atoms with Crippen LogP contribution >= 0.6 is 0 Å². The molecule has 0 bridgehead atoms. The molecule has 2 aliphatic heterocycles. The van der Waals surface area contributed by atoms with Crippen LogP contribution in [0.3, 0.4) is 0 Å². The van der Waals surface area contributed by atoms with Crippen LogP contribution in [0, 0.1) is 0 Å². The number of carbonyl (C=O) groups excluding carboxylic acids is 1. The quantitative estimate of drug-likeness (QED) is 0.765. The van der Waals surface area contributed by atoms with E-state index in [1.807, 2.05) is 0 Å². The number of rotatable bonds is 6. The highest BCUT2D eigenvalue weighted by Crippen LogP contribution is 2.29. The summed E-state index contributed by atoms with van der Waals surface area (Å²) in [6.45, 7) is 5.10. The van der Waals surface area contributed by atoms with Gasteiger partial charge in [-0.1, -0.05) is 0 Å². The van der Waals surface area contributed by atoms with Gasteiger partial charge in [0.2, 0.25) is 10.0 Å². The van der Waals surface area contributed by atoms with Crippen molar-refractivity contribution >= 4 is 15.9 Å². The second-order valence-corrected chi connectivity index (χ2v) is 9.00. The molecule has 1 unspecified atom stereocenters. The summed E-state index contributed by atoms with van der Waals surface area (Å²) in [4.78, 5) is 14.9. The maximum atomic E-state index is 13.2. The highest BCUT2D eigenvalue weighted by molar-refractivity contribution is 7.89. The second-order valence-electron chi connectivity index (χ2n) is 7.31. The minimum atomic E-state index is -3.81. The first kappa shape index (κ1) is 21.0. The first-order valence-electron chi connectivity index (χ1n) is 9.58. The van der Waals surface area contributed by atoms with Crippen LogP contribution in [0.1, 0.15) is 43.5 Å². The summed E-state index contributed by atoms with van der Waals surface area (Å²) in [7, 11) is -2.41. The fourth-order valence-corrected chi connectivity index (χ4v) is 5.10. The Morgan fingerprint density at radius 1 is 1.25 bits per heavy atom. The third-order valence-electron chi connectivity index (χ3n) is 4.86. The average Bonchev–Trinajstić information content (AvgIpc) is 3.20. The van der Waals surface area contributed by atoms with E-state index in [1.54, 1.807) is 24.8 Å². The van der Waals surface area contributed by atoms with E-state index in [9.17, 15) is 13.2 Å². The number of amides is 1. The molecule has 0 spiro atoms. The monoisotopic (exact) mass is 412 g/mol. The van der Waals surface area contributed by atoms with Gasteiger partial charge in [0, 0.05) is 18.2 Å². The van der Waals surface area contributed by atoms with Crippen LogP contribution in [0.4, 0.5) is 0 Å². The minimum Gasteiger partial charge on any atom is -0.495 e. The molecule has 1 N–H and O–H groups in total. The van der Waals surface area contributed by atoms with E-state index in [0.29, 0.717) is 25.3 Å². The van der Waals surface area contributed by atoms with Gasteiger partial charge in [-0.2, -0.15) is 0 Å². The molecular formula is C19H28N2O6S. The van der Waals surface area contributed by atoms with Crippen LogP contribution in [0.2, 0.25) is 0 Å². The summed E-state index contributed by atoms with van der Waals surface area (Å²) in [6.07, 6.45) is 2.27. The summed E-state index contributed by atoms with van der Waals surface area (Å²) >= 11 is 0. The Balaban J connectivity index is 1.91. The van der Waals surface area contributed by atoms with E-state index in [2.05, 4.69) is 4.72 Å². The molecule has 0 saturated carbocycles. The molecule has 9 heteroatoms. The van der Waals surface area contributed by atoms with Crippen LogP contribution in [0.5, 0.6) is 5.75 Å². The zero-order chi connectivity index (χ0) is 20.3. The SMILES string of the molecule is COc1ccc(C(=O)N2CCCCC2C2OCCO2)cc1S(=O)(=O)NC(C)C. The van der Waals surface area contributed by atoms with Crippen molar-refractivity contribution in [2.45, 2.75) is 56.4 Å². The molecule has 0 radical (unpaired) electrons. The van der Waals surface area contributed by atoms with Crippen LogP contribution < -0.4 is 9.46 Å². The predicted molar refractivity (Wildman–Crippen MR) is 103 cm³/mol. The molecule has 2 fully saturated rings. The Bertz CT molecular complexity index is 805. The lowest BCUT2D eigenvalue weighted by molar-refractivity contribution is -0.100. The Morgan fingerprint density at radius 3 is 2.61 bits per heavy atom. The van der Waals surface area contributed by atoms with E-state index in [0.717, 1.165) is 19.3 Å². The molecule has 28 heavy (non-hydrogen) atoms. The molecule has 1 amide bonds. The number of methoxy groups -OCH3 is 1. The van der Waals surface area contributed by atoms with Crippen molar-refractivity contribution < 1.29 is 27.4 Å². The first-order valence-corrected chi connectivity index (χ1v) is 11.1. The Labute approximate surface area is 166 Å². The molecule has 156 valence electrons. The van der Waals surface area contributed by atoms with E-state index in [4.69, 9.17) is 14.2 Å². The van der Waals surface area contributed by atoms with Gasteiger partial charge in [-0.15, -0.1) is 0 Å². The molecule has 1 aromatic carbocycles. The van der Waals surface area contributed by atoms with Crippen molar-refractivity contribution in [1.29, 1.82) is 0 Å². The van der Waals surface area contributed by atoms with Gasteiger partial charge in [-0.05, 0) is 51.3 Å². The molecule has 1 aromatic rings. The number of hydrogen-bond acceptors (Lipinski definition) is 6. The zero-order valence-corrected chi connectivity index (χ0v) is 17.3. The van der Waals surface area contributed by atoms with Crippen molar-refractivity contribution in [2.24, 2.45) is 0 Å². The first-order chi connectivity index (χ1) is 13.3. The maximum absolute atomic E-state index is 13.2. The second kappa shape index (κ2) is 8.77. The maximum Gasteiger partial charge on any atom is 0.254 e. The standard InChI is InChI=1S/C19H28N2O6S/c1-13(2)20-28(23,24)17-12-14(7-8-16(17)25-3)18(22)21-9-5-4-6-15(21)19-26-10-11-27-19/h7-8,12-13,15,19-20H,4-6,9-11H2,1-3H3. The lowest BCUT2D eigenvalue weighted by Crippen LogP contribution is -2.50. The topological polar surface area (TPSA) is 94.2 Å². The number of nitrogens with one attached hydrogen (secondary N) is 1. The van der Waals surface area contributed by atoms with Crippen molar-refractivity contribution in [2.75, 3.05) is 26.9 Å². The van der Waals surface area contributed by atoms with E-state index < -0.39 is 16.3 Å². The number of piperidine rings is 1. The lowest BCUT2D eigenvalue weighted by Gasteiger charge is -2.38. The van der Waals surface area contributed by atoms with Crippen LogP contribution in [-0.4, -0.2) is 64.5 Å². The van der Waals surface area contributed by atoms with Gasteiger partial charge in [0.1, 0.15) is 10.6 Å². The van der Waals surface area contributed by atoms with Crippen molar-refractivity contribution in [1.82, 2.24) is 9.62 Å². The van der Waals surface area contributed by atoms with Gasteiger partial charge >= 0.3 is 0 Å². The van der Waals surface area contributed by atoms with Gasteiger partial charge in [-0.3, -0.25) is 4.79 Å².